The predicted octanol–water partition coefficient (Wildman–Crippen LogP) is 1.21. The standard InChI is InChI=1S/C9H18N2O/c1-5-8(10-3)7-11-9(6-2)12-4/h5-6,10-11H,7H2,1-4H3/b8-5+,9-6+. The molecule has 12 heavy (non-hydrogen) atoms. The van der Waals surface area contributed by atoms with Gasteiger partial charge in [0.1, 0.15) is 0 Å². The van der Waals surface area contributed by atoms with Gasteiger partial charge < -0.3 is 15.4 Å². The molecule has 0 unspecified atom stereocenters. The first-order valence-corrected chi connectivity index (χ1v) is 4.05. The van der Waals surface area contributed by atoms with Gasteiger partial charge in [0.05, 0.1) is 13.7 Å². The van der Waals surface area contributed by atoms with E-state index in [-0.39, 0.29) is 0 Å². The van der Waals surface area contributed by atoms with Gasteiger partial charge in [0.2, 0.25) is 0 Å². The van der Waals surface area contributed by atoms with E-state index < -0.39 is 0 Å². The maximum Gasteiger partial charge on any atom is 0.182 e. The molecular weight excluding hydrogens is 152 g/mol. The third-order valence-electron chi connectivity index (χ3n) is 1.60. The number of likely N-dealkylation sites (N-methyl/N-ethyl adjacent to an activating group) is 1. The fourth-order valence-electron chi connectivity index (χ4n) is 0.809. The summed E-state index contributed by atoms with van der Waals surface area (Å²) in [4.78, 5) is 0. The summed E-state index contributed by atoms with van der Waals surface area (Å²) in [5.41, 5.74) is 1.14. The summed E-state index contributed by atoms with van der Waals surface area (Å²) >= 11 is 0. The molecule has 0 saturated carbocycles. The first kappa shape index (κ1) is 10.9. The van der Waals surface area contributed by atoms with Crippen LogP contribution >= 0.6 is 0 Å². The van der Waals surface area contributed by atoms with Crippen LogP contribution in [0.15, 0.2) is 23.7 Å². The second kappa shape index (κ2) is 6.58. The Labute approximate surface area is 74.5 Å². The molecule has 0 atom stereocenters. The van der Waals surface area contributed by atoms with E-state index in [0.717, 1.165) is 18.1 Å². The van der Waals surface area contributed by atoms with Crippen LogP contribution in [0.25, 0.3) is 0 Å². The summed E-state index contributed by atoms with van der Waals surface area (Å²) in [6.45, 7) is 4.69. The van der Waals surface area contributed by atoms with Crippen LogP contribution < -0.4 is 10.6 Å². The minimum Gasteiger partial charge on any atom is -0.483 e. The molecule has 0 bridgehead atoms. The molecule has 0 heterocycles. The molecule has 3 heteroatoms. The lowest BCUT2D eigenvalue weighted by Gasteiger charge is -2.10. The van der Waals surface area contributed by atoms with Crippen LogP contribution in [0.5, 0.6) is 0 Å². The molecule has 3 nitrogen and oxygen atoms in total. The predicted molar refractivity (Wildman–Crippen MR) is 51.6 cm³/mol. The van der Waals surface area contributed by atoms with Crippen molar-refractivity contribution in [2.24, 2.45) is 0 Å². The molecule has 0 aromatic rings. The van der Waals surface area contributed by atoms with E-state index in [4.69, 9.17) is 4.74 Å². The molecule has 0 spiro atoms. The van der Waals surface area contributed by atoms with Gasteiger partial charge >= 0.3 is 0 Å². The van der Waals surface area contributed by atoms with Gasteiger partial charge in [-0.15, -0.1) is 0 Å². The largest absolute Gasteiger partial charge is 0.483 e. The quantitative estimate of drug-likeness (QED) is 0.608. The van der Waals surface area contributed by atoms with Crippen molar-refractivity contribution in [2.75, 3.05) is 20.7 Å². The summed E-state index contributed by atoms with van der Waals surface area (Å²) in [6.07, 6.45) is 3.92. The minimum atomic E-state index is 0.764. The highest BCUT2D eigenvalue weighted by molar-refractivity contribution is 5.02. The third-order valence-corrected chi connectivity index (χ3v) is 1.60. The first-order chi connectivity index (χ1) is 5.78. The van der Waals surface area contributed by atoms with Crippen molar-refractivity contribution < 1.29 is 4.74 Å². The maximum absolute atomic E-state index is 5.03. The molecule has 70 valence electrons. The zero-order chi connectivity index (χ0) is 9.40. The Morgan fingerprint density at radius 1 is 1.33 bits per heavy atom. The molecular formula is C9H18N2O. The van der Waals surface area contributed by atoms with E-state index in [1.54, 1.807) is 7.11 Å². The van der Waals surface area contributed by atoms with Gasteiger partial charge in [-0.25, -0.2) is 0 Å². The fraction of sp³-hybridized carbons (Fsp3) is 0.556. The van der Waals surface area contributed by atoms with Crippen molar-refractivity contribution in [3.8, 4) is 0 Å². The van der Waals surface area contributed by atoms with Crippen molar-refractivity contribution in [1.29, 1.82) is 0 Å². The van der Waals surface area contributed by atoms with Gasteiger partial charge in [-0.2, -0.15) is 0 Å². The molecule has 0 aliphatic rings. The number of allylic oxidation sites excluding steroid dienone is 2. The van der Waals surface area contributed by atoms with Crippen molar-refractivity contribution in [1.82, 2.24) is 10.6 Å². The molecule has 0 aliphatic heterocycles. The minimum absolute atomic E-state index is 0.764. The third kappa shape index (κ3) is 3.91. The monoisotopic (exact) mass is 170 g/mol. The molecule has 2 N–H and O–H groups in total. The maximum atomic E-state index is 5.03. The number of hydrogen-bond donors (Lipinski definition) is 2. The van der Waals surface area contributed by atoms with E-state index in [0.29, 0.717) is 0 Å². The Kier molecular flexibility index (Phi) is 5.97. The highest BCUT2D eigenvalue weighted by Crippen LogP contribution is 1.91. The number of ether oxygens (including phenoxy) is 1. The summed E-state index contributed by atoms with van der Waals surface area (Å²) in [5, 5.41) is 6.20. The van der Waals surface area contributed by atoms with Gasteiger partial charge in [-0.1, -0.05) is 6.08 Å². The van der Waals surface area contributed by atoms with Gasteiger partial charge in [-0.05, 0) is 19.9 Å². The van der Waals surface area contributed by atoms with Crippen molar-refractivity contribution in [3.05, 3.63) is 23.7 Å². The highest BCUT2D eigenvalue weighted by Gasteiger charge is 1.94. The molecule has 0 saturated heterocycles. The topological polar surface area (TPSA) is 33.3 Å². The van der Waals surface area contributed by atoms with Crippen molar-refractivity contribution in [3.63, 3.8) is 0 Å². The van der Waals surface area contributed by atoms with Gasteiger partial charge in [-0.3, -0.25) is 0 Å². The fourth-order valence-corrected chi connectivity index (χ4v) is 0.809. The van der Waals surface area contributed by atoms with Crippen LogP contribution in [-0.2, 0) is 4.74 Å². The molecule has 0 aliphatic carbocycles. The number of hydrogen-bond acceptors (Lipinski definition) is 3. The van der Waals surface area contributed by atoms with Crippen molar-refractivity contribution >= 4 is 0 Å². The number of nitrogens with one attached hydrogen (secondary N) is 2. The molecule has 0 rings (SSSR count). The second-order valence-electron chi connectivity index (χ2n) is 2.27. The summed E-state index contributed by atoms with van der Waals surface area (Å²) in [5.74, 6) is 0.796. The van der Waals surface area contributed by atoms with E-state index in [2.05, 4.69) is 10.6 Å². The van der Waals surface area contributed by atoms with E-state index in [9.17, 15) is 0 Å². The smallest absolute Gasteiger partial charge is 0.182 e. The normalized spacial score (nSPS) is 12.7. The first-order valence-electron chi connectivity index (χ1n) is 4.05. The molecule has 0 fully saturated rings. The Bertz CT molecular complexity index is 153. The highest BCUT2D eigenvalue weighted by atomic mass is 16.5. The average molecular weight is 170 g/mol. The molecule has 0 amide bonds. The van der Waals surface area contributed by atoms with Crippen LogP contribution in [0.3, 0.4) is 0 Å². The van der Waals surface area contributed by atoms with Crippen LogP contribution in [0, 0.1) is 0 Å². The zero-order valence-electron chi connectivity index (χ0n) is 8.27. The van der Waals surface area contributed by atoms with Gasteiger partial charge in [0, 0.05) is 12.7 Å². The SMILES string of the molecule is C/C=C(\CN/C(=C\C)OC)NC. The van der Waals surface area contributed by atoms with E-state index >= 15 is 0 Å². The number of methoxy groups -OCH3 is 1. The van der Waals surface area contributed by atoms with Gasteiger partial charge in [0.15, 0.2) is 5.88 Å². The lowest BCUT2D eigenvalue weighted by molar-refractivity contribution is 0.263. The van der Waals surface area contributed by atoms with Gasteiger partial charge in [0.25, 0.3) is 0 Å². The summed E-state index contributed by atoms with van der Waals surface area (Å²) in [7, 11) is 3.55. The summed E-state index contributed by atoms with van der Waals surface area (Å²) in [6, 6.07) is 0. The second-order valence-corrected chi connectivity index (χ2v) is 2.27. The van der Waals surface area contributed by atoms with Crippen LogP contribution in [0.2, 0.25) is 0 Å². The van der Waals surface area contributed by atoms with Crippen LogP contribution in [0.4, 0.5) is 0 Å². The lowest BCUT2D eigenvalue weighted by Crippen LogP contribution is -2.23. The van der Waals surface area contributed by atoms with Crippen LogP contribution in [-0.4, -0.2) is 20.7 Å². The number of rotatable bonds is 5. The Morgan fingerprint density at radius 3 is 2.33 bits per heavy atom. The summed E-state index contributed by atoms with van der Waals surface area (Å²) < 4.78 is 5.03. The van der Waals surface area contributed by atoms with Crippen LogP contribution in [0.1, 0.15) is 13.8 Å². The Morgan fingerprint density at radius 2 is 2.00 bits per heavy atom. The molecule has 0 aromatic heterocycles. The average Bonchev–Trinajstić information content (AvgIpc) is 2.13. The zero-order valence-corrected chi connectivity index (χ0v) is 8.27. The Hall–Kier alpha value is -1.12. The Balaban J connectivity index is 3.81. The van der Waals surface area contributed by atoms with Crippen molar-refractivity contribution in [2.45, 2.75) is 13.8 Å². The van der Waals surface area contributed by atoms with E-state index in [1.165, 1.54) is 0 Å². The molecule has 0 aromatic carbocycles. The molecule has 0 radical (unpaired) electrons. The van der Waals surface area contributed by atoms with E-state index in [1.807, 2.05) is 33.0 Å². The lowest BCUT2D eigenvalue weighted by atomic mass is 10.4.